The first kappa shape index (κ1) is 65.1. The molecule has 10 heterocycles. The van der Waals surface area contributed by atoms with Gasteiger partial charge >= 0.3 is 0 Å². The summed E-state index contributed by atoms with van der Waals surface area (Å²) in [7, 11) is 0. The van der Waals surface area contributed by atoms with Gasteiger partial charge < -0.3 is 0 Å². The minimum Gasteiger partial charge on any atom is -0.237 e. The third kappa shape index (κ3) is 9.97. The summed E-state index contributed by atoms with van der Waals surface area (Å²) in [5.41, 5.74) is 29.1. The van der Waals surface area contributed by atoms with E-state index in [1.54, 1.807) is 36.4 Å². The van der Waals surface area contributed by atoms with Gasteiger partial charge in [-0.25, -0.2) is 24.2 Å². The van der Waals surface area contributed by atoms with Crippen LogP contribution in [0.25, 0.3) is 107 Å². The Morgan fingerprint density at radius 3 is 1.28 bits per heavy atom. The van der Waals surface area contributed by atoms with Crippen LogP contribution in [0.3, 0.4) is 0 Å². The summed E-state index contributed by atoms with van der Waals surface area (Å²) in [6, 6.07) is 58.6. The van der Waals surface area contributed by atoms with Crippen molar-refractivity contribution in [3.05, 3.63) is 323 Å². The van der Waals surface area contributed by atoms with Crippen LogP contribution in [0, 0.1) is 131 Å². The molecular weight excluding hydrogens is 1310 g/mol. The molecule has 0 atom stereocenters. The lowest BCUT2D eigenvalue weighted by Crippen LogP contribution is -2.36. The lowest BCUT2D eigenvalue weighted by Gasteiger charge is -2.09. The fraction of sp³-hybridized carbons (Fsp3) is 0.128. The summed E-state index contributed by atoms with van der Waals surface area (Å²) in [4.78, 5) is 17.4. The van der Waals surface area contributed by atoms with Gasteiger partial charge in [0, 0.05) is 22.3 Å². The molecule has 106 heavy (non-hydrogen) atoms. The van der Waals surface area contributed by atoms with Crippen LogP contribution in [0.4, 0.5) is 28.4 Å². The molecule has 5 aromatic heterocycles. The van der Waals surface area contributed by atoms with Crippen LogP contribution < -0.4 is 23.4 Å². The Morgan fingerprint density at radius 2 is 0.755 bits per heavy atom. The zero-order valence-electron chi connectivity index (χ0n) is 58.2. The molecule has 5 aliphatic rings. The maximum absolute atomic E-state index is 9.38. The van der Waals surface area contributed by atoms with Crippen molar-refractivity contribution in [1.29, 1.82) is 26.3 Å². The third-order valence-corrected chi connectivity index (χ3v) is 20.7. The van der Waals surface area contributed by atoms with Crippen molar-refractivity contribution < 1.29 is 23.4 Å². The second-order valence-corrected chi connectivity index (χ2v) is 26.7. The molecule has 0 saturated heterocycles. The molecule has 496 valence electrons. The minimum atomic E-state index is 0.415. The first-order valence-electron chi connectivity index (χ1n) is 33.9. The molecule has 0 amide bonds. The normalized spacial score (nSPS) is 11.8. The Kier molecular flexibility index (Phi) is 15.5. The SMILES string of the molecule is [C-]#[N+]c1ccc(C#N)c2c[n+]3n(c12)-c1c(C)cc(C)c(C)c1C3.[C-]#[N+]c1ccc2c(c[n+]3n2-c2c(C)cccc2C3)c1C#N.[C-]#[N+]c1ccc2c(c[n+]3n2-c2cc(C)ccc2C3)c1C#N.[C-]#[N+]c1ccc2c(c[n+]3n2-c2ccc(C)cc2C3)c1C#N.[C-]#[N+]c1ccc2c(c[n+]3n2-c2ccccc2C3)c1C#N. The predicted molar refractivity (Wildman–Crippen MR) is 396 cm³/mol. The summed E-state index contributed by atoms with van der Waals surface area (Å²) in [5, 5.41) is 51.0. The summed E-state index contributed by atoms with van der Waals surface area (Å²) >= 11 is 0. The van der Waals surface area contributed by atoms with E-state index in [1.165, 1.54) is 66.9 Å². The number of aromatic nitrogens is 10. The first-order valence-corrected chi connectivity index (χ1v) is 33.9. The number of hydrogen-bond donors (Lipinski definition) is 0. The second-order valence-electron chi connectivity index (χ2n) is 26.7. The van der Waals surface area contributed by atoms with Gasteiger partial charge in [0.2, 0.25) is 59.4 Å². The highest BCUT2D eigenvalue weighted by atomic mass is 15.4. The summed E-state index contributed by atoms with van der Waals surface area (Å²) in [6.07, 6.45) is 9.87. The number of nitriles is 5. The van der Waals surface area contributed by atoms with Crippen LogP contribution in [0.1, 0.15) is 89.0 Å². The van der Waals surface area contributed by atoms with E-state index < -0.39 is 0 Å². The van der Waals surface area contributed by atoms with Gasteiger partial charge in [0.25, 0.3) is 0 Å². The van der Waals surface area contributed by atoms with Gasteiger partial charge in [0.05, 0.1) is 124 Å². The maximum Gasteiger partial charge on any atom is 0.217 e. The number of rotatable bonds is 0. The third-order valence-electron chi connectivity index (χ3n) is 20.7. The molecule has 5 aliphatic heterocycles. The van der Waals surface area contributed by atoms with E-state index in [0.717, 1.165) is 110 Å². The molecule has 0 bridgehead atoms. The summed E-state index contributed by atoms with van der Waals surface area (Å²) in [5.74, 6) is 0. The molecule has 15 aromatic rings. The quantitative estimate of drug-likeness (QED) is 0.108. The average Bonchev–Trinajstić information content (AvgIpc) is 1.60. The summed E-state index contributed by atoms with van der Waals surface area (Å²) in [6.45, 7) is 52.8. The highest BCUT2D eigenvalue weighted by Gasteiger charge is 2.37. The number of hydrogen-bond acceptors (Lipinski definition) is 5. The Hall–Kier alpha value is -15.6. The van der Waals surface area contributed by atoms with Crippen LogP contribution >= 0.6 is 0 Å². The molecule has 0 saturated carbocycles. The van der Waals surface area contributed by atoms with Crippen molar-refractivity contribution in [2.45, 2.75) is 74.3 Å². The van der Waals surface area contributed by atoms with E-state index in [9.17, 15) is 26.3 Å². The van der Waals surface area contributed by atoms with E-state index in [-0.39, 0.29) is 0 Å². The molecular formula is C86H57N20+5. The van der Waals surface area contributed by atoms with Crippen LogP contribution in [0.2, 0.25) is 0 Å². The highest BCUT2D eigenvalue weighted by molar-refractivity contribution is 5.97. The number of fused-ring (bicyclic) bond motifs is 25. The van der Waals surface area contributed by atoms with E-state index in [1.807, 2.05) is 67.4 Å². The Balaban J connectivity index is 0.000000102. The predicted octanol–water partition coefficient (Wildman–Crippen LogP) is 15.4. The number of nitrogens with zero attached hydrogens (tertiary/aromatic N) is 20. The van der Waals surface area contributed by atoms with Crippen LogP contribution in [-0.4, -0.2) is 23.4 Å². The van der Waals surface area contributed by atoms with E-state index in [4.69, 9.17) is 32.9 Å². The van der Waals surface area contributed by atoms with Crippen LogP contribution in [-0.2, 0) is 32.7 Å². The van der Waals surface area contributed by atoms with Gasteiger partial charge in [0.1, 0.15) is 56.0 Å². The molecule has 0 aliphatic carbocycles. The topological polar surface area (TPSA) is 185 Å². The first-order chi connectivity index (χ1) is 51.6. The average molecular weight is 1370 g/mol. The van der Waals surface area contributed by atoms with Gasteiger partial charge in [-0.05, 0) is 118 Å². The van der Waals surface area contributed by atoms with Crippen molar-refractivity contribution >= 4 is 83.0 Å². The second kappa shape index (κ2) is 25.3. The van der Waals surface area contributed by atoms with Gasteiger partial charge in [-0.3, -0.25) is 0 Å². The fourth-order valence-electron chi connectivity index (χ4n) is 15.8. The van der Waals surface area contributed by atoms with E-state index in [0.29, 0.717) is 56.3 Å². The fourth-order valence-corrected chi connectivity index (χ4v) is 15.8. The minimum absolute atomic E-state index is 0.415. The van der Waals surface area contributed by atoms with Crippen molar-refractivity contribution in [2.24, 2.45) is 0 Å². The Morgan fingerprint density at radius 1 is 0.330 bits per heavy atom. The molecule has 0 radical (unpaired) electrons. The number of aryl methyl sites for hydroxylation is 5. The lowest BCUT2D eigenvalue weighted by molar-refractivity contribution is -0.749. The largest absolute Gasteiger partial charge is 0.237 e. The monoisotopic (exact) mass is 1370 g/mol. The molecule has 0 fully saturated rings. The molecule has 20 heteroatoms. The van der Waals surface area contributed by atoms with E-state index >= 15 is 0 Å². The molecule has 20 nitrogen and oxygen atoms in total. The van der Waals surface area contributed by atoms with Gasteiger partial charge in [-0.2, -0.15) is 26.3 Å². The molecule has 0 N–H and O–H groups in total. The number of benzene rings is 10. The van der Waals surface area contributed by atoms with Crippen molar-refractivity contribution in [3.8, 4) is 58.8 Å². The summed E-state index contributed by atoms with van der Waals surface area (Å²) < 4.78 is 21.1. The number of para-hydroxylation sites is 2. The zero-order valence-corrected chi connectivity index (χ0v) is 58.2. The molecule has 0 unspecified atom stereocenters. The van der Waals surface area contributed by atoms with Crippen molar-refractivity contribution in [2.75, 3.05) is 0 Å². The van der Waals surface area contributed by atoms with Crippen molar-refractivity contribution in [1.82, 2.24) is 23.4 Å². The standard InChI is InChI=1S/C19H15N4.3C17H11N4.C16H9N4/c1-11-7-12(2)18-15(13(11)3)9-22-10-16-14(8-20)5-6-17(21-4)19(16)23(18)22;1-11-3-5-16-12(7-11)9-20-10-14-13(8-18)15(19-2)4-6-17(14)21(16)20;1-11-3-4-12-9-20-10-14-13(8-18)15(19-2)5-6-16(14)21(20)17(12)7-11;1-11-4-3-5-12-9-20-10-14-13(8-18)15(19-2)6-7-16(14)21(20)17(11)12;1-18-14-6-7-16-13(12(14)8-17)10-19-9-11-4-2-3-5-15(11)20(16)19/h5-7,10H,9H2,1-3H3;3*3-7,10H,9H2,1H3;2-7,10H,9H2/q5*+1. The van der Waals surface area contributed by atoms with Gasteiger partial charge in [0.15, 0.2) is 32.7 Å². The van der Waals surface area contributed by atoms with Crippen molar-refractivity contribution in [3.63, 3.8) is 0 Å². The Bertz CT molecular complexity index is 6960. The molecule has 10 aromatic carbocycles. The molecule has 0 spiro atoms. The van der Waals surface area contributed by atoms with E-state index in [2.05, 4.69) is 216 Å². The Labute approximate surface area is 608 Å². The van der Waals surface area contributed by atoms with Gasteiger partial charge in [-0.1, -0.05) is 103 Å². The van der Waals surface area contributed by atoms with Crippen LogP contribution in [0.5, 0.6) is 0 Å². The lowest BCUT2D eigenvalue weighted by atomic mass is 9.97. The zero-order chi connectivity index (χ0) is 73.7. The smallest absolute Gasteiger partial charge is 0.217 e. The van der Waals surface area contributed by atoms with Gasteiger partial charge in [-0.15, -0.1) is 46.8 Å². The van der Waals surface area contributed by atoms with Crippen LogP contribution in [0.15, 0.2) is 177 Å². The maximum atomic E-state index is 9.38. The highest BCUT2D eigenvalue weighted by Crippen LogP contribution is 2.40. The molecule has 20 rings (SSSR count).